The molecule has 1 atom stereocenters. The largest absolute Gasteiger partial charge is 0.387 e. The van der Waals surface area contributed by atoms with Gasteiger partial charge < -0.3 is 5.11 Å². The van der Waals surface area contributed by atoms with Gasteiger partial charge >= 0.3 is 0 Å². The van der Waals surface area contributed by atoms with Crippen molar-refractivity contribution < 1.29 is 17.9 Å². The maximum atomic E-state index is 13.1. The summed E-state index contributed by atoms with van der Waals surface area (Å²) in [6, 6.07) is 11.2. The fourth-order valence-corrected chi connectivity index (χ4v) is 3.92. The molecule has 0 spiro atoms. The molecule has 1 unspecified atom stereocenters. The van der Waals surface area contributed by atoms with Gasteiger partial charge in [0.05, 0.1) is 17.6 Å². The van der Waals surface area contributed by atoms with Crippen LogP contribution in [0.25, 0.3) is 0 Å². The maximum absolute atomic E-state index is 13.1. The predicted molar refractivity (Wildman–Crippen MR) is 84.8 cm³/mol. The van der Waals surface area contributed by atoms with E-state index in [1.165, 1.54) is 18.2 Å². The number of hydrogen-bond acceptors (Lipinski definition) is 3. The Hall–Kier alpha value is -1.72. The van der Waals surface area contributed by atoms with Crippen molar-refractivity contribution >= 4 is 9.84 Å². The normalized spacial score (nSPS) is 13.1. The fraction of sp³-hybridized carbons (Fsp3) is 0.294. The Labute approximate surface area is 130 Å². The second kappa shape index (κ2) is 6.58. The molecule has 0 heterocycles. The topological polar surface area (TPSA) is 54.4 Å². The predicted octanol–water partition coefficient (Wildman–Crippen LogP) is 3.09. The third-order valence-corrected chi connectivity index (χ3v) is 5.07. The fourth-order valence-electron chi connectivity index (χ4n) is 2.46. The van der Waals surface area contributed by atoms with Crippen LogP contribution in [0.4, 0.5) is 4.39 Å². The molecule has 0 aromatic heterocycles. The molecule has 3 nitrogen and oxygen atoms in total. The van der Waals surface area contributed by atoms with E-state index in [1.807, 2.05) is 19.1 Å². The second-order valence-electron chi connectivity index (χ2n) is 5.56. The van der Waals surface area contributed by atoms with Crippen LogP contribution in [-0.2, 0) is 15.6 Å². The summed E-state index contributed by atoms with van der Waals surface area (Å²) in [6.45, 7) is 3.54. The molecular formula is C17H19FO3S. The van der Waals surface area contributed by atoms with E-state index in [0.29, 0.717) is 16.7 Å². The maximum Gasteiger partial charge on any atom is 0.157 e. The highest BCUT2D eigenvalue weighted by molar-refractivity contribution is 7.90. The van der Waals surface area contributed by atoms with E-state index in [2.05, 4.69) is 0 Å². The van der Waals surface area contributed by atoms with E-state index in [9.17, 15) is 17.9 Å². The molecule has 118 valence electrons. The first-order valence-electron chi connectivity index (χ1n) is 6.97. The van der Waals surface area contributed by atoms with Crippen LogP contribution in [0, 0.1) is 19.7 Å². The molecule has 0 fully saturated rings. The number of halogens is 1. The third-order valence-electron chi connectivity index (χ3n) is 3.47. The van der Waals surface area contributed by atoms with Gasteiger partial charge in [0.15, 0.2) is 9.84 Å². The first kappa shape index (κ1) is 16.6. The van der Waals surface area contributed by atoms with E-state index in [-0.39, 0.29) is 11.5 Å². The standard InChI is InChI=1S/C17H19FO3S/c1-12-4-3-5-14(8-12)10-22(20,21)11-17(19)16-7-6-15(18)9-13(16)2/h3-9,17,19H,10-11H2,1-2H3. The van der Waals surface area contributed by atoms with E-state index >= 15 is 0 Å². The zero-order valence-electron chi connectivity index (χ0n) is 12.6. The second-order valence-corrected chi connectivity index (χ2v) is 7.67. The van der Waals surface area contributed by atoms with Crippen molar-refractivity contribution in [1.29, 1.82) is 0 Å². The molecule has 2 rings (SSSR count). The van der Waals surface area contributed by atoms with Crippen LogP contribution < -0.4 is 0 Å². The molecule has 0 aliphatic carbocycles. The highest BCUT2D eigenvalue weighted by Crippen LogP contribution is 2.21. The molecule has 0 saturated carbocycles. The number of aliphatic hydroxyl groups excluding tert-OH is 1. The Bertz CT molecular complexity index is 769. The molecule has 0 aliphatic heterocycles. The first-order chi connectivity index (χ1) is 10.3. The Morgan fingerprint density at radius 1 is 1.14 bits per heavy atom. The Morgan fingerprint density at radius 3 is 2.50 bits per heavy atom. The summed E-state index contributed by atoms with van der Waals surface area (Å²) in [7, 11) is -3.47. The van der Waals surface area contributed by atoms with E-state index < -0.39 is 21.8 Å². The van der Waals surface area contributed by atoms with Gasteiger partial charge in [-0.25, -0.2) is 12.8 Å². The van der Waals surface area contributed by atoms with Crippen molar-refractivity contribution in [3.63, 3.8) is 0 Å². The highest BCUT2D eigenvalue weighted by Gasteiger charge is 2.21. The monoisotopic (exact) mass is 322 g/mol. The first-order valence-corrected chi connectivity index (χ1v) is 8.79. The van der Waals surface area contributed by atoms with Gasteiger partial charge in [-0.2, -0.15) is 0 Å². The lowest BCUT2D eigenvalue weighted by Gasteiger charge is -2.14. The minimum atomic E-state index is -3.47. The number of hydrogen-bond donors (Lipinski definition) is 1. The third kappa shape index (κ3) is 4.39. The van der Waals surface area contributed by atoms with E-state index in [0.717, 1.165) is 5.56 Å². The SMILES string of the molecule is Cc1cccc(CS(=O)(=O)CC(O)c2ccc(F)cc2C)c1. The Morgan fingerprint density at radius 2 is 1.86 bits per heavy atom. The quantitative estimate of drug-likeness (QED) is 0.920. The molecule has 22 heavy (non-hydrogen) atoms. The zero-order valence-corrected chi connectivity index (χ0v) is 13.4. The van der Waals surface area contributed by atoms with Crippen LogP contribution in [0.15, 0.2) is 42.5 Å². The summed E-state index contributed by atoms with van der Waals surface area (Å²) in [5.74, 6) is -0.907. The van der Waals surface area contributed by atoms with Crippen molar-refractivity contribution in [2.24, 2.45) is 0 Å². The molecule has 1 N–H and O–H groups in total. The average Bonchev–Trinajstić information content (AvgIpc) is 2.36. The van der Waals surface area contributed by atoms with Crippen LogP contribution >= 0.6 is 0 Å². The van der Waals surface area contributed by atoms with Gasteiger partial charge in [-0.05, 0) is 42.7 Å². The van der Waals surface area contributed by atoms with E-state index in [4.69, 9.17) is 0 Å². The summed E-state index contributed by atoms with van der Waals surface area (Å²) in [4.78, 5) is 0. The summed E-state index contributed by atoms with van der Waals surface area (Å²) >= 11 is 0. The van der Waals surface area contributed by atoms with Crippen molar-refractivity contribution in [3.05, 3.63) is 70.5 Å². The minimum Gasteiger partial charge on any atom is -0.387 e. The molecule has 2 aromatic rings. The number of aliphatic hydroxyl groups is 1. The molecule has 5 heteroatoms. The van der Waals surface area contributed by atoms with Gasteiger partial charge in [-0.3, -0.25) is 0 Å². The van der Waals surface area contributed by atoms with Gasteiger partial charge in [0.2, 0.25) is 0 Å². The minimum absolute atomic E-state index is 0.119. The van der Waals surface area contributed by atoms with Crippen molar-refractivity contribution in [1.82, 2.24) is 0 Å². The Kier molecular flexibility index (Phi) is 4.98. The molecule has 2 aromatic carbocycles. The lowest BCUT2D eigenvalue weighted by atomic mass is 10.0. The van der Waals surface area contributed by atoms with Gasteiger partial charge in [0.1, 0.15) is 5.82 Å². The zero-order chi connectivity index (χ0) is 16.3. The number of rotatable bonds is 5. The van der Waals surface area contributed by atoms with Crippen LogP contribution in [-0.4, -0.2) is 19.3 Å². The number of benzene rings is 2. The molecule has 0 radical (unpaired) electrons. The van der Waals surface area contributed by atoms with Crippen LogP contribution in [0.2, 0.25) is 0 Å². The Balaban J connectivity index is 2.14. The molecule has 0 amide bonds. The molecule has 0 saturated heterocycles. The molecule has 0 bridgehead atoms. The van der Waals surface area contributed by atoms with Crippen molar-refractivity contribution in [2.45, 2.75) is 25.7 Å². The number of sulfone groups is 1. The average molecular weight is 322 g/mol. The molecule has 0 aliphatic rings. The van der Waals surface area contributed by atoms with Gasteiger partial charge in [-0.15, -0.1) is 0 Å². The summed E-state index contributed by atoms with van der Waals surface area (Å²) < 4.78 is 37.6. The number of aryl methyl sites for hydroxylation is 2. The van der Waals surface area contributed by atoms with Crippen molar-refractivity contribution in [3.8, 4) is 0 Å². The summed E-state index contributed by atoms with van der Waals surface area (Å²) in [5.41, 5.74) is 2.66. The van der Waals surface area contributed by atoms with Gasteiger partial charge in [0.25, 0.3) is 0 Å². The summed E-state index contributed by atoms with van der Waals surface area (Å²) in [6.07, 6.45) is -1.16. The lowest BCUT2D eigenvalue weighted by molar-refractivity contribution is 0.201. The molecular weight excluding hydrogens is 303 g/mol. The van der Waals surface area contributed by atoms with Crippen LogP contribution in [0.1, 0.15) is 28.4 Å². The smallest absolute Gasteiger partial charge is 0.157 e. The van der Waals surface area contributed by atoms with Crippen LogP contribution in [0.3, 0.4) is 0 Å². The van der Waals surface area contributed by atoms with Gasteiger partial charge in [-0.1, -0.05) is 35.9 Å². The van der Waals surface area contributed by atoms with Crippen LogP contribution in [0.5, 0.6) is 0 Å². The van der Waals surface area contributed by atoms with Crippen molar-refractivity contribution in [2.75, 3.05) is 5.75 Å². The summed E-state index contributed by atoms with van der Waals surface area (Å²) in [5, 5.41) is 10.2. The van der Waals surface area contributed by atoms with Gasteiger partial charge in [0, 0.05) is 0 Å². The highest BCUT2D eigenvalue weighted by atomic mass is 32.2. The van der Waals surface area contributed by atoms with E-state index in [1.54, 1.807) is 19.1 Å². The lowest BCUT2D eigenvalue weighted by Crippen LogP contribution is -2.17.